The Morgan fingerprint density at radius 1 is 1.17 bits per heavy atom. The fourth-order valence-electron chi connectivity index (χ4n) is 2.86. The molecule has 0 aliphatic rings. The third-order valence-corrected chi connectivity index (χ3v) is 5.86. The van der Waals surface area contributed by atoms with Crippen molar-refractivity contribution in [2.24, 2.45) is 0 Å². The molecular weight excluding hydrogens is 384 g/mol. The van der Waals surface area contributed by atoms with Crippen LogP contribution in [0.5, 0.6) is 0 Å². The van der Waals surface area contributed by atoms with Crippen molar-refractivity contribution in [1.82, 2.24) is 9.88 Å². The van der Waals surface area contributed by atoms with E-state index in [4.69, 9.17) is 0 Å². The van der Waals surface area contributed by atoms with Gasteiger partial charge >= 0.3 is 0 Å². The summed E-state index contributed by atoms with van der Waals surface area (Å²) < 4.78 is 0. The van der Waals surface area contributed by atoms with Crippen molar-refractivity contribution in [3.05, 3.63) is 52.5 Å². The minimum Gasteiger partial charge on any atom is -0.334 e. The van der Waals surface area contributed by atoms with E-state index in [9.17, 15) is 9.59 Å². The van der Waals surface area contributed by atoms with Gasteiger partial charge < -0.3 is 15.1 Å². The third-order valence-electron chi connectivity index (χ3n) is 4.87. The van der Waals surface area contributed by atoms with Crippen molar-refractivity contribution in [3.8, 4) is 0 Å². The summed E-state index contributed by atoms with van der Waals surface area (Å²) in [5, 5.41) is 3.40. The second kappa shape index (κ2) is 11.5. The van der Waals surface area contributed by atoms with Gasteiger partial charge in [0.25, 0.3) is 0 Å². The summed E-state index contributed by atoms with van der Waals surface area (Å²) in [5.41, 5.74) is 1.86. The number of thiazole rings is 1. The minimum absolute atomic E-state index is 0.0103. The Morgan fingerprint density at radius 3 is 2.45 bits per heavy atom. The topological polar surface area (TPSA) is 66.7 Å². The molecule has 0 aliphatic heterocycles. The molecule has 1 heterocycles. The maximum atomic E-state index is 12.8. The zero-order chi connectivity index (χ0) is 21.2. The lowest BCUT2D eigenvalue weighted by atomic mass is 10.2. The van der Waals surface area contributed by atoms with Crippen LogP contribution in [0.25, 0.3) is 6.08 Å². The predicted octanol–water partition coefficient (Wildman–Crippen LogP) is 2.17. The Morgan fingerprint density at radius 2 is 1.86 bits per heavy atom. The predicted molar refractivity (Wildman–Crippen MR) is 119 cm³/mol. The number of nitrogens with one attached hydrogen (secondary N) is 2. The van der Waals surface area contributed by atoms with Crippen molar-refractivity contribution in [2.45, 2.75) is 27.7 Å². The van der Waals surface area contributed by atoms with Gasteiger partial charge in [0.05, 0.1) is 31.9 Å². The normalized spacial score (nSPS) is 11.2. The molecule has 1 aromatic heterocycles. The first-order chi connectivity index (χ1) is 13.9. The molecule has 6 nitrogen and oxygen atoms in total. The highest BCUT2D eigenvalue weighted by Gasteiger charge is 2.18. The molecule has 0 atom stereocenters. The number of rotatable bonds is 10. The molecule has 29 heavy (non-hydrogen) atoms. The number of amides is 2. The van der Waals surface area contributed by atoms with Gasteiger partial charge in [-0.25, -0.2) is 4.98 Å². The Hall–Kier alpha value is -2.51. The van der Waals surface area contributed by atoms with Crippen LogP contribution in [-0.4, -0.2) is 54.4 Å². The molecule has 7 heteroatoms. The van der Waals surface area contributed by atoms with Gasteiger partial charge in [0.2, 0.25) is 11.8 Å². The number of anilines is 1. The van der Waals surface area contributed by atoms with E-state index in [2.05, 4.69) is 24.1 Å². The fourth-order valence-corrected chi connectivity index (χ4v) is 3.69. The highest BCUT2D eigenvalue weighted by Crippen LogP contribution is 2.20. The summed E-state index contributed by atoms with van der Waals surface area (Å²) in [5.74, 6) is -0.392. The average Bonchev–Trinajstić information content (AvgIpc) is 3.03. The number of likely N-dealkylation sites (N-methyl/N-ethyl adjacent to an activating group) is 1. The van der Waals surface area contributed by atoms with Crippen molar-refractivity contribution in [1.29, 1.82) is 0 Å². The molecule has 0 radical (unpaired) electrons. The highest BCUT2D eigenvalue weighted by atomic mass is 32.1. The summed E-state index contributed by atoms with van der Waals surface area (Å²) in [6.45, 7) is 11.5. The standard InChI is InChI=1S/C22H30N4O2S/c1-5-25(6-2)14-15-26(21(28)13-12-19-10-8-7-9-11-19)16-20(27)24-22-23-17(3)18(4)29-22/h7-13H,5-6,14-16H2,1-4H3,(H,23,24,27)/p+1/b13-12+. The Balaban J connectivity index is 2.05. The number of carbonyl (C=O) groups is 2. The number of benzene rings is 1. The summed E-state index contributed by atoms with van der Waals surface area (Å²) in [6, 6.07) is 9.67. The molecule has 1 aromatic carbocycles. The van der Waals surface area contributed by atoms with Gasteiger partial charge in [-0.1, -0.05) is 30.3 Å². The van der Waals surface area contributed by atoms with Crippen LogP contribution >= 0.6 is 11.3 Å². The second-order valence-corrected chi connectivity index (χ2v) is 8.12. The van der Waals surface area contributed by atoms with Gasteiger partial charge in [-0.2, -0.15) is 0 Å². The van der Waals surface area contributed by atoms with Gasteiger partial charge in [0, 0.05) is 11.0 Å². The number of aryl methyl sites for hydroxylation is 2. The summed E-state index contributed by atoms with van der Waals surface area (Å²) >= 11 is 1.45. The first kappa shape index (κ1) is 22.8. The summed E-state index contributed by atoms with van der Waals surface area (Å²) in [4.78, 5) is 33.7. The van der Waals surface area contributed by atoms with Crippen molar-refractivity contribution >= 4 is 34.4 Å². The lowest BCUT2D eigenvalue weighted by Crippen LogP contribution is -3.12. The van der Waals surface area contributed by atoms with E-state index >= 15 is 0 Å². The van der Waals surface area contributed by atoms with E-state index in [-0.39, 0.29) is 18.4 Å². The van der Waals surface area contributed by atoms with Gasteiger partial charge in [-0.3, -0.25) is 9.59 Å². The third kappa shape index (κ3) is 7.44. The minimum atomic E-state index is -0.227. The van der Waals surface area contributed by atoms with E-state index in [1.807, 2.05) is 44.2 Å². The molecule has 0 bridgehead atoms. The molecule has 0 fully saturated rings. The number of quaternary nitrogens is 1. The van der Waals surface area contributed by atoms with E-state index in [0.29, 0.717) is 11.7 Å². The molecule has 2 amide bonds. The molecule has 0 saturated heterocycles. The van der Waals surface area contributed by atoms with Crippen LogP contribution in [-0.2, 0) is 9.59 Å². The number of hydrogen-bond donors (Lipinski definition) is 2. The van der Waals surface area contributed by atoms with Crippen molar-refractivity contribution < 1.29 is 14.5 Å². The SMILES string of the molecule is CC[NH+](CC)CCN(CC(=O)Nc1nc(C)c(C)s1)C(=O)/C=C/c1ccccc1. The quantitative estimate of drug-likeness (QED) is 0.585. The molecule has 0 aliphatic carbocycles. The molecule has 2 aromatic rings. The van der Waals surface area contributed by atoms with Crippen LogP contribution in [0.15, 0.2) is 36.4 Å². The van der Waals surface area contributed by atoms with E-state index in [1.165, 1.54) is 22.3 Å². The largest absolute Gasteiger partial charge is 0.334 e. The maximum absolute atomic E-state index is 12.8. The zero-order valence-electron chi connectivity index (χ0n) is 17.7. The number of aromatic nitrogens is 1. The van der Waals surface area contributed by atoms with Crippen LogP contribution in [0.2, 0.25) is 0 Å². The van der Waals surface area contributed by atoms with Gasteiger partial charge in [-0.15, -0.1) is 11.3 Å². The second-order valence-electron chi connectivity index (χ2n) is 6.92. The van der Waals surface area contributed by atoms with Gasteiger partial charge in [-0.05, 0) is 39.3 Å². The maximum Gasteiger partial charge on any atom is 0.247 e. The van der Waals surface area contributed by atoms with E-state index in [1.54, 1.807) is 11.0 Å². The highest BCUT2D eigenvalue weighted by molar-refractivity contribution is 7.15. The average molecular weight is 416 g/mol. The fraction of sp³-hybridized carbons (Fsp3) is 0.409. The Kier molecular flexibility index (Phi) is 9.02. The van der Waals surface area contributed by atoms with Crippen LogP contribution in [0.4, 0.5) is 5.13 Å². The molecular formula is C22H31N4O2S+. The van der Waals surface area contributed by atoms with Crippen molar-refractivity contribution in [2.75, 3.05) is 38.0 Å². The molecule has 0 saturated carbocycles. The van der Waals surface area contributed by atoms with Crippen LogP contribution in [0.3, 0.4) is 0 Å². The zero-order valence-corrected chi connectivity index (χ0v) is 18.5. The monoisotopic (exact) mass is 415 g/mol. The van der Waals surface area contributed by atoms with Crippen LogP contribution in [0.1, 0.15) is 30.0 Å². The first-order valence-corrected chi connectivity index (χ1v) is 10.8. The number of nitrogens with zero attached hydrogens (tertiary/aromatic N) is 2. The molecule has 0 spiro atoms. The van der Waals surface area contributed by atoms with Gasteiger partial charge in [0.1, 0.15) is 6.54 Å². The van der Waals surface area contributed by atoms with Crippen LogP contribution < -0.4 is 10.2 Å². The van der Waals surface area contributed by atoms with Crippen LogP contribution in [0, 0.1) is 13.8 Å². The van der Waals surface area contributed by atoms with Gasteiger partial charge in [0.15, 0.2) is 5.13 Å². The number of hydrogen-bond acceptors (Lipinski definition) is 4. The molecule has 156 valence electrons. The Labute approximate surface area is 177 Å². The summed E-state index contributed by atoms with van der Waals surface area (Å²) in [7, 11) is 0. The number of carbonyl (C=O) groups excluding carboxylic acids is 2. The smallest absolute Gasteiger partial charge is 0.247 e. The lowest BCUT2D eigenvalue weighted by molar-refractivity contribution is -0.895. The van der Waals surface area contributed by atoms with E-state index in [0.717, 1.165) is 35.8 Å². The van der Waals surface area contributed by atoms with E-state index < -0.39 is 0 Å². The Bertz CT molecular complexity index is 809. The summed E-state index contributed by atoms with van der Waals surface area (Å²) in [6.07, 6.45) is 3.32. The first-order valence-electron chi connectivity index (χ1n) is 10.0. The molecule has 0 unspecified atom stereocenters. The lowest BCUT2D eigenvalue weighted by Gasteiger charge is -2.23. The molecule has 2 rings (SSSR count). The van der Waals surface area contributed by atoms with Crippen molar-refractivity contribution in [3.63, 3.8) is 0 Å². The molecule has 2 N–H and O–H groups in total.